The van der Waals surface area contributed by atoms with E-state index in [1.807, 2.05) is 0 Å². The first-order chi connectivity index (χ1) is 23.9. The maximum atomic E-state index is 4.40. The van der Waals surface area contributed by atoms with Gasteiger partial charge in [-0.2, -0.15) is 0 Å². The fourth-order valence-corrected chi connectivity index (χ4v) is 31.4. The van der Waals surface area contributed by atoms with Gasteiger partial charge < -0.3 is 19.1 Å². The summed E-state index contributed by atoms with van der Waals surface area (Å²) in [7, 11) is -7.10. The highest BCUT2D eigenvalue weighted by Crippen LogP contribution is 2.75. The molecule has 0 saturated heterocycles. The zero-order valence-electron chi connectivity index (χ0n) is 38.2. The number of benzene rings is 2. The molecule has 8 heteroatoms. The number of rotatable bonds is 12. The number of fused-ring (bicyclic) bond motifs is 4. The average molecular weight is 792 g/mol. The van der Waals surface area contributed by atoms with E-state index < -0.39 is 32.9 Å². The predicted octanol–water partition coefficient (Wildman–Crippen LogP) is 11.7. The normalized spacial score (nSPS) is 25.1. The van der Waals surface area contributed by atoms with Gasteiger partial charge in [0.1, 0.15) is 32.9 Å². The van der Waals surface area contributed by atoms with Gasteiger partial charge in [-0.25, -0.2) is 0 Å². The lowest BCUT2D eigenvalue weighted by atomic mass is 9.43. The van der Waals surface area contributed by atoms with Gasteiger partial charge in [-0.15, -0.1) is 0 Å². The molecule has 4 nitrogen and oxygen atoms in total. The fourth-order valence-electron chi connectivity index (χ4n) is 10.3. The summed E-state index contributed by atoms with van der Waals surface area (Å²) in [6.07, 6.45) is 0. The monoisotopic (exact) mass is 791 g/mol. The van der Waals surface area contributed by atoms with E-state index in [0.717, 1.165) is 26.2 Å². The largest absolute Gasteiger partial charge is 0.344 e. The molecule has 2 unspecified atom stereocenters. The second kappa shape index (κ2) is 13.6. The Balaban J connectivity index is 1.51. The first kappa shape index (κ1) is 43.3. The Morgan fingerprint density at radius 2 is 0.736 bits per heavy atom. The molecule has 5 rings (SSSR count). The highest BCUT2D eigenvalue weighted by molar-refractivity contribution is 6.94. The minimum absolute atomic E-state index is 0.125. The Hall–Kier alpha value is -0.852. The van der Waals surface area contributed by atoms with Crippen LogP contribution in [0.1, 0.15) is 117 Å². The SMILES string of the molecule is CC(C)(C)[Si](C)(C)N(CCN[C@@H]1C2c3ccccc3C23c2ccccc2C3[C@H]1NCCN([Si](C)(C)C(C)(C)C)[Si](C)(C)C(C)(C)C)[Si](C)(C)C(C)(C)C. The molecule has 0 heterocycles. The summed E-state index contributed by atoms with van der Waals surface area (Å²) in [5.74, 6) is 1.00. The minimum atomic E-state index is -1.77. The lowest BCUT2D eigenvalue weighted by Gasteiger charge is -2.59. The van der Waals surface area contributed by atoms with E-state index in [-0.39, 0.29) is 5.41 Å². The first-order valence-electron chi connectivity index (χ1n) is 21.1. The summed E-state index contributed by atoms with van der Waals surface area (Å²) >= 11 is 0. The van der Waals surface area contributed by atoms with Crippen LogP contribution < -0.4 is 10.6 Å². The first-order valence-corrected chi connectivity index (χ1v) is 32.9. The van der Waals surface area contributed by atoms with Gasteiger partial charge >= 0.3 is 0 Å². The fraction of sp³-hybridized carbons (Fsp3) is 0.733. The van der Waals surface area contributed by atoms with Crippen LogP contribution in [-0.4, -0.2) is 79.7 Å². The van der Waals surface area contributed by atoms with Gasteiger partial charge in [-0.05, 0) is 55.5 Å². The summed E-state index contributed by atoms with van der Waals surface area (Å²) in [5, 5.41) is 10.0. The average Bonchev–Trinajstić information content (AvgIpc) is 3.18. The molecule has 0 radical (unpaired) electrons. The van der Waals surface area contributed by atoms with Crippen LogP contribution in [0.5, 0.6) is 0 Å². The molecule has 2 aromatic rings. The van der Waals surface area contributed by atoms with E-state index >= 15 is 0 Å². The standard InChI is InChI=1S/C45H82N4Si4/c1-41(2,3)50(13,14)48(51(15,16)42(4,5)6)31-29-46-39-37-33-25-21-23-27-35(33)45(37)36-28-24-22-26-34(36)38(45)40(39)47-30-32-49(52(17,18)43(7,8)9)53(19,20)44(10,11)12/h21-28,37-40,46-47H,29-32H2,1-20H3/t37?,38?,39-,40-,45?/m1/s1. The van der Waals surface area contributed by atoms with E-state index in [0.29, 0.717) is 44.1 Å². The molecule has 4 atom stereocenters. The summed E-state index contributed by atoms with van der Waals surface area (Å²) in [6.45, 7) is 55.6. The molecule has 2 N–H and O–H groups in total. The molecule has 1 fully saturated rings. The molecular formula is C45H82N4Si4. The van der Waals surface area contributed by atoms with Gasteiger partial charge in [0.25, 0.3) is 0 Å². The Morgan fingerprint density at radius 1 is 0.472 bits per heavy atom. The molecule has 298 valence electrons. The highest BCUT2D eigenvalue weighted by Gasteiger charge is 2.73. The van der Waals surface area contributed by atoms with Crippen molar-refractivity contribution in [3.63, 3.8) is 0 Å². The van der Waals surface area contributed by atoms with E-state index in [9.17, 15) is 0 Å². The molecular weight excluding hydrogens is 709 g/mol. The predicted molar refractivity (Wildman–Crippen MR) is 245 cm³/mol. The van der Waals surface area contributed by atoms with Crippen molar-refractivity contribution in [3.05, 3.63) is 70.8 Å². The van der Waals surface area contributed by atoms with Crippen LogP contribution in [0.2, 0.25) is 72.5 Å². The Kier molecular flexibility index (Phi) is 11.1. The van der Waals surface area contributed by atoms with E-state index in [4.69, 9.17) is 0 Å². The number of hydrogen-bond acceptors (Lipinski definition) is 4. The zero-order chi connectivity index (χ0) is 40.2. The molecule has 0 amide bonds. The van der Waals surface area contributed by atoms with Crippen LogP contribution in [0.4, 0.5) is 0 Å². The van der Waals surface area contributed by atoms with Gasteiger partial charge in [0, 0.05) is 42.4 Å². The topological polar surface area (TPSA) is 30.5 Å². The van der Waals surface area contributed by atoms with E-state index in [1.165, 1.54) is 0 Å². The lowest BCUT2D eigenvalue weighted by Crippen LogP contribution is -2.69. The van der Waals surface area contributed by atoms with Crippen molar-refractivity contribution in [2.75, 3.05) is 26.2 Å². The molecule has 0 aromatic heterocycles. The van der Waals surface area contributed by atoms with Gasteiger partial charge in [-0.1, -0.05) is 184 Å². The van der Waals surface area contributed by atoms with Crippen molar-refractivity contribution in [1.82, 2.24) is 19.1 Å². The van der Waals surface area contributed by atoms with Crippen LogP contribution >= 0.6 is 0 Å². The van der Waals surface area contributed by atoms with Crippen LogP contribution in [0.15, 0.2) is 48.5 Å². The van der Waals surface area contributed by atoms with Gasteiger partial charge in [0.05, 0.1) is 0 Å². The van der Waals surface area contributed by atoms with E-state index in [1.54, 1.807) is 22.3 Å². The molecule has 1 saturated carbocycles. The summed E-state index contributed by atoms with van der Waals surface area (Å²) in [5.41, 5.74) is 6.49. The molecule has 3 aliphatic carbocycles. The second-order valence-corrected chi connectivity index (χ2v) is 45.0. The highest BCUT2D eigenvalue weighted by atomic mass is 28.4. The molecule has 0 aliphatic heterocycles. The third-order valence-electron chi connectivity index (χ3n) is 17.0. The minimum Gasteiger partial charge on any atom is -0.344 e. The van der Waals surface area contributed by atoms with Crippen LogP contribution in [0, 0.1) is 0 Å². The number of nitrogens with one attached hydrogen (secondary N) is 2. The van der Waals surface area contributed by atoms with Gasteiger partial charge in [0.2, 0.25) is 0 Å². The molecule has 2 aromatic carbocycles. The van der Waals surface area contributed by atoms with Gasteiger partial charge in [-0.3, -0.25) is 0 Å². The van der Waals surface area contributed by atoms with Crippen molar-refractivity contribution >= 4 is 32.9 Å². The number of hydrogen-bond donors (Lipinski definition) is 2. The molecule has 3 aliphatic rings. The maximum Gasteiger partial charge on any atom is 0.121 e. The van der Waals surface area contributed by atoms with Crippen molar-refractivity contribution in [3.8, 4) is 0 Å². The second-order valence-electron chi connectivity index (χ2n) is 23.5. The maximum absolute atomic E-state index is 4.40. The zero-order valence-corrected chi connectivity index (χ0v) is 42.2. The third kappa shape index (κ3) is 6.57. The summed E-state index contributed by atoms with van der Waals surface area (Å²) < 4.78 is 6.24. The van der Waals surface area contributed by atoms with Crippen molar-refractivity contribution in [2.45, 2.75) is 185 Å². The van der Waals surface area contributed by atoms with Crippen molar-refractivity contribution < 1.29 is 0 Å². The van der Waals surface area contributed by atoms with Crippen LogP contribution in [0.3, 0.4) is 0 Å². The quantitative estimate of drug-likeness (QED) is 0.210. The van der Waals surface area contributed by atoms with Crippen molar-refractivity contribution in [2.24, 2.45) is 0 Å². The molecule has 1 spiro atoms. The summed E-state index contributed by atoms with van der Waals surface area (Å²) in [6, 6.07) is 19.8. The smallest absolute Gasteiger partial charge is 0.121 e. The lowest BCUT2D eigenvalue weighted by molar-refractivity contribution is 0.294. The Bertz CT molecular complexity index is 1460. The Morgan fingerprint density at radius 3 is 1.00 bits per heavy atom. The third-order valence-corrected chi connectivity index (χ3v) is 44.7. The Labute approximate surface area is 332 Å². The summed E-state index contributed by atoms with van der Waals surface area (Å²) in [4.78, 5) is 0. The number of nitrogens with zero attached hydrogens (tertiary/aromatic N) is 2. The van der Waals surface area contributed by atoms with E-state index in [2.05, 4.69) is 203 Å². The molecule has 53 heavy (non-hydrogen) atoms. The van der Waals surface area contributed by atoms with Crippen LogP contribution in [0.25, 0.3) is 0 Å². The van der Waals surface area contributed by atoms with Gasteiger partial charge in [0.15, 0.2) is 0 Å². The molecule has 0 bridgehead atoms. The van der Waals surface area contributed by atoms with Crippen molar-refractivity contribution in [1.29, 1.82) is 0 Å². The van der Waals surface area contributed by atoms with Crippen LogP contribution in [-0.2, 0) is 5.41 Å².